The van der Waals surface area contributed by atoms with Gasteiger partial charge in [0.15, 0.2) is 11.5 Å². The van der Waals surface area contributed by atoms with E-state index >= 15 is 0 Å². The van der Waals surface area contributed by atoms with Gasteiger partial charge in [0, 0.05) is 31.3 Å². The number of amides is 1. The summed E-state index contributed by atoms with van der Waals surface area (Å²) in [5, 5.41) is 18.0. The van der Waals surface area contributed by atoms with Crippen LogP contribution in [0.3, 0.4) is 0 Å². The number of methoxy groups -OCH3 is 2. The molecule has 0 spiro atoms. The maximum atomic E-state index is 12.8. The van der Waals surface area contributed by atoms with Crippen LogP contribution in [0.4, 0.5) is 5.69 Å². The average molecular weight is 379 g/mol. The Balaban J connectivity index is 1.79. The van der Waals surface area contributed by atoms with Gasteiger partial charge in [-0.3, -0.25) is 14.9 Å². The van der Waals surface area contributed by atoms with Gasteiger partial charge in [-0.2, -0.15) is 0 Å². The zero-order chi connectivity index (χ0) is 19.4. The maximum absolute atomic E-state index is 12.8. The van der Waals surface area contributed by atoms with E-state index in [1.165, 1.54) is 26.4 Å². The second kappa shape index (κ2) is 8.53. The summed E-state index contributed by atoms with van der Waals surface area (Å²) in [7, 11) is 2.96. The molecule has 27 heavy (non-hydrogen) atoms. The number of benzene rings is 1. The predicted molar refractivity (Wildman–Crippen MR) is 97.5 cm³/mol. The van der Waals surface area contributed by atoms with Crippen LogP contribution in [0.15, 0.2) is 12.1 Å². The fraction of sp³-hybridized carbons (Fsp3) is 0.611. The molecule has 2 unspecified atom stereocenters. The van der Waals surface area contributed by atoms with Crippen molar-refractivity contribution in [1.82, 2.24) is 10.6 Å². The molecule has 2 aliphatic heterocycles. The minimum atomic E-state index is -0.580. The maximum Gasteiger partial charge on any atom is 0.286 e. The summed E-state index contributed by atoms with van der Waals surface area (Å²) in [4.78, 5) is 23.7. The molecule has 2 atom stereocenters. The molecular formula is C18H25N3O6. The molecule has 2 aliphatic rings. The van der Waals surface area contributed by atoms with E-state index in [0.29, 0.717) is 18.7 Å². The Kier molecular flexibility index (Phi) is 6.12. The number of carbonyl (C=O) groups is 1. The molecule has 0 radical (unpaired) electrons. The Labute approximate surface area is 157 Å². The molecule has 2 fully saturated rings. The summed E-state index contributed by atoms with van der Waals surface area (Å²) in [5.74, 6) is 0.0136. The zero-order valence-electron chi connectivity index (χ0n) is 15.5. The number of nitrogens with one attached hydrogen (secondary N) is 2. The van der Waals surface area contributed by atoms with Gasteiger partial charge in [-0.1, -0.05) is 0 Å². The van der Waals surface area contributed by atoms with Crippen LogP contribution in [0, 0.1) is 10.1 Å². The summed E-state index contributed by atoms with van der Waals surface area (Å²) in [5.41, 5.74) is -0.334. The van der Waals surface area contributed by atoms with E-state index < -0.39 is 10.8 Å². The molecule has 1 amide bonds. The Bertz CT molecular complexity index is 699. The smallest absolute Gasteiger partial charge is 0.286 e. The molecule has 1 aromatic rings. The molecule has 0 aliphatic carbocycles. The molecule has 2 saturated heterocycles. The lowest BCUT2D eigenvalue weighted by atomic mass is 9.99. The van der Waals surface area contributed by atoms with Crippen molar-refractivity contribution < 1.29 is 23.9 Å². The van der Waals surface area contributed by atoms with E-state index in [1.807, 2.05) is 0 Å². The number of ether oxygens (including phenoxy) is 3. The third-order valence-corrected chi connectivity index (χ3v) is 5.08. The summed E-state index contributed by atoms with van der Waals surface area (Å²) >= 11 is 0. The quantitative estimate of drug-likeness (QED) is 0.401. The second-order valence-corrected chi connectivity index (χ2v) is 6.90. The first-order valence-corrected chi connectivity index (χ1v) is 9.07. The van der Waals surface area contributed by atoms with Crippen LogP contribution >= 0.6 is 0 Å². The van der Waals surface area contributed by atoms with Crippen LogP contribution in [0.25, 0.3) is 0 Å². The standard InChI is InChI=1S/C18H25N3O6/c1-25-5-6-27-17-10-15(21(23)24)14(9-16(17)26-2)18(22)20-13-7-11-3-4-12(8-13)19-11/h9-13,19H,3-8H2,1-2H3,(H,20,22). The fourth-order valence-corrected chi connectivity index (χ4v) is 3.83. The monoisotopic (exact) mass is 379 g/mol. The summed E-state index contributed by atoms with van der Waals surface area (Å²) < 4.78 is 15.7. The molecule has 2 heterocycles. The van der Waals surface area contributed by atoms with E-state index in [1.54, 1.807) is 0 Å². The molecule has 9 nitrogen and oxygen atoms in total. The van der Waals surface area contributed by atoms with E-state index in [-0.39, 0.29) is 35.4 Å². The van der Waals surface area contributed by atoms with Crippen molar-refractivity contribution in [3.8, 4) is 11.5 Å². The molecule has 0 saturated carbocycles. The number of rotatable bonds is 8. The van der Waals surface area contributed by atoms with Gasteiger partial charge in [-0.05, 0) is 25.7 Å². The van der Waals surface area contributed by atoms with Gasteiger partial charge < -0.3 is 24.8 Å². The summed E-state index contributed by atoms with van der Waals surface area (Å²) in [6.07, 6.45) is 3.90. The Morgan fingerprint density at radius 2 is 1.93 bits per heavy atom. The summed E-state index contributed by atoms with van der Waals surface area (Å²) in [6, 6.07) is 3.44. The normalized spacial score (nSPS) is 23.7. The Morgan fingerprint density at radius 1 is 1.22 bits per heavy atom. The molecule has 9 heteroatoms. The molecule has 1 aromatic carbocycles. The van der Waals surface area contributed by atoms with Crippen molar-refractivity contribution in [2.75, 3.05) is 27.4 Å². The van der Waals surface area contributed by atoms with Crippen LogP contribution in [-0.4, -0.2) is 56.4 Å². The highest BCUT2D eigenvalue weighted by Gasteiger charge is 2.35. The molecular weight excluding hydrogens is 354 g/mol. The number of nitro benzene ring substituents is 1. The zero-order valence-corrected chi connectivity index (χ0v) is 15.5. The first kappa shape index (κ1) is 19.4. The van der Waals surface area contributed by atoms with Gasteiger partial charge in [0.1, 0.15) is 12.2 Å². The van der Waals surface area contributed by atoms with Gasteiger partial charge in [0.25, 0.3) is 11.6 Å². The van der Waals surface area contributed by atoms with Crippen LogP contribution < -0.4 is 20.1 Å². The average Bonchev–Trinajstić information content (AvgIpc) is 2.99. The predicted octanol–water partition coefficient (Wildman–Crippen LogP) is 1.64. The number of hydrogen-bond acceptors (Lipinski definition) is 7. The second-order valence-electron chi connectivity index (χ2n) is 6.90. The third-order valence-electron chi connectivity index (χ3n) is 5.08. The Morgan fingerprint density at radius 3 is 2.52 bits per heavy atom. The number of nitrogens with zero attached hydrogens (tertiary/aromatic N) is 1. The van der Waals surface area contributed by atoms with Gasteiger partial charge in [0.05, 0.1) is 24.7 Å². The molecule has 3 rings (SSSR count). The number of piperidine rings is 1. The van der Waals surface area contributed by atoms with E-state index in [9.17, 15) is 14.9 Å². The molecule has 2 bridgehead atoms. The van der Waals surface area contributed by atoms with Crippen molar-refractivity contribution in [1.29, 1.82) is 0 Å². The van der Waals surface area contributed by atoms with Crippen LogP contribution in [0.5, 0.6) is 11.5 Å². The number of nitro groups is 1. The van der Waals surface area contributed by atoms with Gasteiger partial charge in [0.2, 0.25) is 0 Å². The van der Waals surface area contributed by atoms with Crippen molar-refractivity contribution >= 4 is 11.6 Å². The lowest BCUT2D eigenvalue weighted by Crippen LogP contribution is -2.48. The highest BCUT2D eigenvalue weighted by Crippen LogP contribution is 2.35. The molecule has 0 aromatic heterocycles. The lowest BCUT2D eigenvalue weighted by Gasteiger charge is -2.29. The van der Waals surface area contributed by atoms with Crippen molar-refractivity contribution in [3.05, 3.63) is 27.8 Å². The van der Waals surface area contributed by atoms with Crippen LogP contribution in [-0.2, 0) is 4.74 Å². The van der Waals surface area contributed by atoms with Crippen LogP contribution in [0.2, 0.25) is 0 Å². The minimum absolute atomic E-state index is 0.0134. The van der Waals surface area contributed by atoms with Crippen molar-refractivity contribution in [2.45, 2.75) is 43.8 Å². The topological polar surface area (TPSA) is 112 Å². The minimum Gasteiger partial charge on any atom is -0.493 e. The number of carbonyl (C=O) groups excluding carboxylic acids is 1. The third kappa shape index (κ3) is 4.48. The summed E-state index contributed by atoms with van der Waals surface area (Å²) in [6.45, 7) is 0.546. The first-order chi connectivity index (χ1) is 13.0. The van der Waals surface area contributed by atoms with Gasteiger partial charge in [-0.15, -0.1) is 0 Å². The number of hydrogen-bond donors (Lipinski definition) is 2. The fourth-order valence-electron chi connectivity index (χ4n) is 3.83. The van der Waals surface area contributed by atoms with E-state index in [0.717, 1.165) is 25.7 Å². The molecule has 148 valence electrons. The first-order valence-electron chi connectivity index (χ1n) is 9.07. The number of fused-ring (bicyclic) bond motifs is 2. The highest BCUT2D eigenvalue weighted by molar-refractivity contribution is 5.99. The Hall–Kier alpha value is -2.39. The van der Waals surface area contributed by atoms with Crippen molar-refractivity contribution in [2.24, 2.45) is 0 Å². The lowest BCUT2D eigenvalue weighted by molar-refractivity contribution is -0.385. The largest absolute Gasteiger partial charge is 0.493 e. The van der Waals surface area contributed by atoms with Gasteiger partial charge in [-0.25, -0.2) is 0 Å². The molecule has 2 N–H and O–H groups in total. The highest BCUT2D eigenvalue weighted by atomic mass is 16.6. The van der Waals surface area contributed by atoms with Crippen molar-refractivity contribution in [3.63, 3.8) is 0 Å². The van der Waals surface area contributed by atoms with E-state index in [4.69, 9.17) is 14.2 Å². The van der Waals surface area contributed by atoms with E-state index in [2.05, 4.69) is 10.6 Å². The van der Waals surface area contributed by atoms with Gasteiger partial charge >= 0.3 is 0 Å². The van der Waals surface area contributed by atoms with Crippen LogP contribution in [0.1, 0.15) is 36.0 Å². The SMILES string of the molecule is COCCOc1cc([N+](=O)[O-])c(C(=O)NC2CC3CCC(C2)N3)cc1OC.